The van der Waals surface area contributed by atoms with Gasteiger partial charge in [-0.25, -0.2) is 21.9 Å². The number of sulfonamides is 1. The molecule has 3 aromatic rings. The summed E-state index contributed by atoms with van der Waals surface area (Å²) in [6.07, 6.45) is 0. The van der Waals surface area contributed by atoms with Crippen LogP contribution in [0.25, 0.3) is 0 Å². The topological polar surface area (TPSA) is 75.3 Å². The molecule has 3 rings (SSSR count). The number of carbonyl (C=O) groups excluding carboxylic acids is 1. The Bertz CT molecular complexity index is 1140. The number of nitrogens with one attached hydrogen (secondary N) is 2. The molecule has 29 heavy (non-hydrogen) atoms. The second-order valence-electron chi connectivity index (χ2n) is 6.33. The zero-order valence-corrected chi connectivity index (χ0v) is 16.2. The first-order valence-corrected chi connectivity index (χ1v) is 10.2. The van der Waals surface area contributed by atoms with Crippen molar-refractivity contribution in [1.82, 2.24) is 4.72 Å². The van der Waals surface area contributed by atoms with Crippen LogP contribution >= 0.6 is 0 Å². The Labute approximate surface area is 167 Å². The normalized spacial score (nSPS) is 12.4. The first kappa shape index (κ1) is 20.6. The molecule has 0 saturated carbocycles. The number of hydrogen-bond donors (Lipinski definition) is 2. The van der Waals surface area contributed by atoms with Gasteiger partial charge in [-0.15, -0.1) is 0 Å². The van der Waals surface area contributed by atoms with E-state index in [4.69, 9.17) is 0 Å². The van der Waals surface area contributed by atoms with E-state index in [1.165, 1.54) is 24.3 Å². The Balaban J connectivity index is 1.78. The van der Waals surface area contributed by atoms with E-state index in [1.54, 1.807) is 31.2 Å². The molecule has 0 aliphatic heterocycles. The van der Waals surface area contributed by atoms with E-state index in [2.05, 4.69) is 10.0 Å². The summed E-state index contributed by atoms with van der Waals surface area (Å²) in [7, 11) is -4.00. The van der Waals surface area contributed by atoms with E-state index in [1.807, 2.05) is 6.07 Å². The fourth-order valence-electron chi connectivity index (χ4n) is 2.71. The Morgan fingerprint density at radius 1 is 0.897 bits per heavy atom. The van der Waals surface area contributed by atoms with Gasteiger partial charge in [0.05, 0.1) is 16.1 Å². The number of hydrogen-bond acceptors (Lipinski definition) is 3. The molecule has 1 unspecified atom stereocenters. The second kappa shape index (κ2) is 8.50. The predicted molar refractivity (Wildman–Crippen MR) is 106 cm³/mol. The number of amides is 1. The second-order valence-corrected chi connectivity index (χ2v) is 8.04. The lowest BCUT2D eigenvalue weighted by Crippen LogP contribution is -2.27. The van der Waals surface area contributed by atoms with Gasteiger partial charge in [0.25, 0.3) is 5.91 Å². The summed E-state index contributed by atoms with van der Waals surface area (Å²) < 4.78 is 55.7. The molecule has 0 heterocycles. The molecular formula is C21H18F2N2O3S. The van der Waals surface area contributed by atoms with Gasteiger partial charge in [0.1, 0.15) is 11.6 Å². The zero-order valence-electron chi connectivity index (χ0n) is 15.4. The molecule has 150 valence electrons. The van der Waals surface area contributed by atoms with Gasteiger partial charge in [-0.2, -0.15) is 0 Å². The van der Waals surface area contributed by atoms with Crippen molar-refractivity contribution in [3.05, 3.63) is 95.6 Å². The van der Waals surface area contributed by atoms with Gasteiger partial charge in [0.2, 0.25) is 10.0 Å². The number of carbonyl (C=O) groups is 1. The van der Waals surface area contributed by atoms with Crippen LogP contribution in [0.3, 0.4) is 0 Å². The van der Waals surface area contributed by atoms with Crippen molar-refractivity contribution in [3.8, 4) is 0 Å². The maximum absolute atomic E-state index is 14.4. The van der Waals surface area contributed by atoms with Crippen molar-refractivity contribution >= 4 is 21.6 Å². The Hall–Kier alpha value is -3.10. The third kappa shape index (κ3) is 4.85. The summed E-state index contributed by atoms with van der Waals surface area (Å²) in [4.78, 5) is 11.8. The van der Waals surface area contributed by atoms with Crippen LogP contribution < -0.4 is 10.0 Å². The molecule has 1 amide bonds. The molecule has 0 spiro atoms. The van der Waals surface area contributed by atoms with Crippen LogP contribution in [-0.2, 0) is 10.0 Å². The molecule has 0 fully saturated rings. The van der Waals surface area contributed by atoms with Gasteiger partial charge in [0, 0.05) is 6.04 Å². The van der Waals surface area contributed by atoms with Gasteiger partial charge in [-0.05, 0) is 42.8 Å². The first-order chi connectivity index (χ1) is 13.8. The van der Waals surface area contributed by atoms with E-state index < -0.39 is 33.6 Å². The van der Waals surface area contributed by atoms with Gasteiger partial charge in [0.15, 0.2) is 0 Å². The average molecular weight is 416 g/mol. The average Bonchev–Trinajstić information content (AvgIpc) is 2.70. The first-order valence-electron chi connectivity index (χ1n) is 8.70. The Kier molecular flexibility index (Phi) is 6.05. The summed E-state index contributed by atoms with van der Waals surface area (Å²) in [5.74, 6) is -2.54. The quantitative estimate of drug-likeness (QED) is 0.631. The van der Waals surface area contributed by atoms with Crippen LogP contribution in [0.1, 0.15) is 28.9 Å². The number of benzene rings is 3. The van der Waals surface area contributed by atoms with Gasteiger partial charge < -0.3 is 5.32 Å². The van der Waals surface area contributed by atoms with Crippen molar-refractivity contribution in [1.29, 1.82) is 0 Å². The summed E-state index contributed by atoms with van der Waals surface area (Å²) in [5.41, 5.74) is 0.251. The van der Waals surface area contributed by atoms with E-state index >= 15 is 0 Å². The highest BCUT2D eigenvalue weighted by molar-refractivity contribution is 7.89. The van der Waals surface area contributed by atoms with Gasteiger partial charge in [-0.3, -0.25) is 4.79 Å². The number of halogens is 2. The minimum absolute atomic E-state index is 0.248. The Morgan fingerprint density at radius 2 is 1.55 bits per heavy atom. The fraction of sp³-hybridized carbons (Fsp3) is 0.0952. The molecule has 0 radical (unpaired) electrons. The lowest BCUT2D eigenvalue weighted by Gasteiger charge is -2.15. The molecule has 0 aliphatic rings. The van der Waals surface area contributed by atoms with Crippen LogP contribution in [0.4, 0.5) is 14.5 Å². The number of anilines is 1. The van der Waals surface area contributed by atoms with E-state index in [0.717, 1.165) is 23.8 Å². The molecule has 2 N–H and O–H groups in total. The third-order valence-electron chi connectivity index (χ3n) is 4.25. The van der Waals surface area contributed by atoms with Crippen molar-refractivity contribution in [2.45, 2.75) is 17.9 Å². The summed E-state index contributed by atoms with van der Waals surface area (Å²) in [6.45, 7) is 1.67. The summed E-state index contributed by atoms with van der Waals surface area (Å²) in [5, 5.41) is 2.24. The molecule has 0 bridgehead atoms. The van der Waals surface area contributed by atoms with Gasteiger partial charge >= 0.3 is 0 Å². The highest BCUT2D eigenvalue weighted by Gasteiger charge is 2.21. The minimum Gasteiger partial charge on any atom is -0.319 e. The molecular weight excluding hydrogens is 398 g/mol. The Morgan fingerprint density at radius 3 is 2.21 bits per heavy atom. The minimum atomic E-state index is -4.00. The maximum Gasteiger partial charge on any atom is 0.258 e. The molecule has 8 heteroatoms. The monoisotopic (exact) mass is 416 g/mol. The zero-order chi connectivity index (χ0) is 21.0. The van der Waals surface area contributed by atoms with E-state index in [0.29, 0.717) is 0 Å². The molecule has 1 atom stereocenters. The largest absolute Gasteiger partial charge is 0.319 e. The smallest absolute Gasteiger partial charge is 0.258 e. The van der Waals surface area contributed by atoms with E-state index in [9.17, 15) is 22.0 Å². The summed E-state index contributed by atoms with van der Waals surface area (Å²) >= 11 is 0. The lowest BCUT2D eigenvalue weighted by molar-refractivity contribution is 0.102. The van der Waals surface area contributed by atoms with Crippen LogP contribution in [0, 0.1) is 11.6 Å². The summed E-state index contributed by atoms with van der Waals surface area (Å²) in [6, 6.07) is 16.8. The van der Waals surface area contributed by atoms with E-state index in [-0.39, 0.29) is 16.1 Å². The highest BCUT2D eigenvalue weighted by atomic mass is 32.2. The number of rotatable bonds is 6. The lowest BCUT2D eigenvalue weighted by atomic mass is 10.1. The van der Waals surface area contributed by atoms with Crippen LogP contribution in [0.5, 0.6) is 0 Å². The predicted octanol–water partition coefficient (Wildman–Crippen LogP) is 4.26. The van der Waals surface area contributed by atoms with Crippen LogP contribution in [0.15, 0.2) is 77.7 Å². The van der Waals surface area contributed by atoms with Crippen LogP contribution in [-0.4, -0.2) is 14.3 Å². The fourth-order valence-corrected chi connectivity index (χ4v) is 3.95. The van der Waals surface area contributed by atoms with Crippen molar-refractivity contribution in [3.63, 3.8) is 0 Å². The molecule has 0 aromatic heterocycles. The van der Waals surface area contributed by atoms with Crippen LogP contribution in [0.2, 0.25) is 0 Å². The molecule has 3 aromatic carbocycles. The van der Waals surface area contributed by atoms with Crippen molar-refractivity contribution < 1.29 is 22.0 Å². The maximum atomic E-state index is 14.4. The van der Waals surface area contributed by atoms with Gasteiger partial charge in [-0.1, -0.05) is 42.5 Å². The third-order valence-corrected chi connectivity index (χ3v) is 5.79. The molecule has 0 saturated heterocycles. The van der Waals surface area contributed by atoms with Crippen molar-refractivity contribution in [2.24, 2.45) is 0 Å². The molecule has 0 aliphatic carbocycles. The SMILES string of the molecule is CC(NS(=O)(=O)c1ccc(NC(=O)c2ccccc2F)c(F)c1)c1ccccc1. The molecule has 5 nitrogen and oxygen atoms in total. The highest BCUT2D eigenvalue weighted by Crippen LogP contribution is 2.22. The van der Waals surface area contributed by atoms with Crippen molar-refractivity contribution in [2.75, 3.05) is 5.32 Å². The standard InChI is InChI=1S/C21H18F2N2O3S/c1-14(15-7-3-2-4-8-15)25-29(27,28)16-11-12-20(19(23)13-16)24-21(26)17-9-5-6-10-18(17)22/h2-14,25H,1H3,(H,24,26).